The molecule has 2 amide bonds. The molecule has 0 aliphatic carbocycles. The molecule has 208 valence electrons. The van der Waals surface area contributed by atoms with Crippen molar-refractivity contribution in [1.29, 1.82) is 0 Å². The van der Waals surface area contributed by atoms with E-state index in [0.29, 0.717) is 35.7 Å². The summed E-state index contributed by atoms with van der Waals surface area (Å²) in [5.41, 5.74) is 1.39. The van der Waals surface area contributed by atoms with Crippen molar-refractivity contribution < 1.29 is 24.2 Å². The standard InChI is InChI=1S/C30H43N3O5/c1-21-18-33(22(2)20-34)30(36)26-17-25(31-29(35)24-12-7-6-8-13-24)14-15-27(26)38-23(3)11-9-10-16-37-28(21)19-32(4)5/h6-8,12-15,17,21-23,28,34H,9-11,16,18-20H2,1-5H3,(H,31,35)/t21-,22+,23-,28-/m0/s1. The van der Waals surface area contributed by atoms with Crippen LogP contribution in [0.15, 0.2) is 48.5 Å². The van der Waals surface area contributed by atoms with Crippen LogP contribution in [0, 0.1) is 5.92 Å². The van der Waals surface area contributed by atoms with Gasteiger partial charge in [0.1, 0.15) is 5.75 Å². The van der Waals surface area contributed by atoms with Gasteiger partial charge in [0.15, 0.2) is 0 Å². The summed E-state index contributed by atoms with van der Waals surface area (Å²) in [7, 11) is 4.03. The first-order chi connectivity index (χ1) is 18.2. The van der Waals surface area contributed by atoms with Gasteiger partial charge in [-0.3, -0.25) is 9.59 Å². The second-order valence-electron chi connectivity index (χ2n) is 10.6. The van der Waals surface area contributed by atoms with E-state index in [1.54, 1.807) is 47.4 Å². The molecule has 2 N–H and O–H groups in total. The molecule has 0 saturated heterocycles. The monoisotopic (exact) mass is 525 g/mol. The third kappa shape index (κ3) is 8.28. The lowest BCUT2D eigenvalue weighted by molar-refractivity contribution is -0.0137. The molecule has 38 heavy (non-hydrogen) atoms. The van der Waals surface area contributed by atoms with Crippen LogP contribution in [0.5, 0.6) is 5.75 Å². The molecular weight excluding hydrogens is 482 g/mol. The first-order valence-electron chi connectivity index (χ1n) is 13.5. The number of rotatable bonds is 6. The zero-order valence-corrected chi connectivity index (χ0v) is 23.4. The van der Waals surface area contributed by atoms with Gasteiger partial charge >= 0.3 is 0 Å². The van der Waals surface area contributed by atoms with E-state index >= 15 is 0 Å². The zero-order valence-electron chi connectivity index (χ0n) is 23.4. The molecule has 8 nitrogen and oxygen atoms in total. The van der Waals surface area contributed by atoms with Gasteiger partial charge in [-0.25, -0.2) is 0 Å². The second kappa shape index (κ2) is 14.3. The molecule has 0 bridgehead atoms. The summed E-state index contributed by atoms with van der Waals surface area (Å²) in [6.45, 7) is 7.54. The van der Waals surface area contributed by atoms with E-state index in [2.05, 4.69) is 17.1 Å². The third-order valence-electron chi connectivity index (χ3n) is 6.89. The molecule has 2 aromatic carbocycles. The fraction of sp³-hybridized carbons (Fsp3) is 0.533. The van der Waals surface area contributed by atoms with Gasteiger partial charge in [-0.1, -0.05) is 25.1 Å². The van der Waals surface area contributed by atoms with Crippen LogP contribution < -0.4 is 10.1 Å². The van der Waals surface area contributed by atoms with Crippen molar-refractivity contribution in [3.63, 3.8) is 0 Å². The van der Waals surface area contributed by atoms with Gasteiger partial charge in [0.05, 0.1) is 30.4 Å². The van der Waals surface area contributed by atoms with Crippen LogP contribution in [-0.4, -0.2) is 85.4 Å². The van der Waals surface area contributed by atoms with Gasteiger partial charge in [0.25, 0.3) is 11.8 Å². The minimum absolute atomic E-state index is 0.0301. The average Bonchev–Trinajstić information content (AvgIpc) is 2.90. The van der Waals surface area contributed by atoms with Crippen molar-refractivity contribution in [3.05, 3.63) is 59.7 Å². The van der Waals surface area contributed by atoms with Crippen LogP contribution in [0.1, 0.15) is 60.7 Å². The number of nitrogens with zero attached hydrogens (tertiary/aromatic N) is 2. The number of aliphatic hydroxyl groups is 1. The van der Waals surface area contributed by atoms with Crippen LogP contribution in [0.25, 0.3) is 0 Å². The smallest absolute Gasteiger partial charge is 0.258 e. The maximum atomic E-state index is 14.1. The van der Waals surface area contributed by atoms with Crippen LogP contribution >= 0.6 is 0 Å². The van der Waals surface area contributed by atoms with Gasteiger partial charge in [-0.15, -0.1) is 0 Å². The molecule has 2 aromatic rings. The van der Waals surface area contributed by atoms with Crippen LogP contribution in [0.2, 0.25) is 0 Å². The predicted molar refractivity (Wildman–Crippen MR) is 150 cm³/mol. The van der Waals surface area contributed by atoms with Crippen molar-refractivity contribution in [2.24, 2.45) is 5.92 Å². The maximum Gasteiger partial charge on any atom is 0.258 e. The number of amides is 2. The third-order valence-corrected chi connectivity index (χ3v) is 6.89. The van der Waals surface area contributed by atoms with Crippen LogP contribution in [0.4, 0.5) is 5.69 Å². The number of likely N-dealkylation sites (N-methyl/N-ethyl adjacent to an activating group) is 1. The summed E-state index contributed by atoms with van der Waals surface area (Å²) >= 11 is 0. The summed E-state index contributed by atoms with van der Waals surface area (Å²) in [6.07, 6.45) is 2.55. The van der Waals surface area contributed by atoms with E-state index in [9.17, 15) is 14.7 Å². The number of carbonyl (C=O) groups is 2. The lowest BCUT2D eigenvalue weighted by atomic mass is 10.0. The fourth-order valence-corrected chi connectivity index (χ4v) is 4.62. The number of aliphatic hydroxyl groups excluding tert-OH is 1. The minimum atomic E-state index is -0.411. The maximum absolute atomic E-state index is 14.1. The molecule has 3 rings (SSSR count). The summed E-state index contributed by atoms with van der Waals surface area (Å²) in [5.74, 6) is -0.00756. The lowest BCUT2D eigenvalue weighted by Crippen LogP contribution is -2.47. The lowest BCUT2D eigenvalue weighted by Gasteiger charge is -2.35. The molecule has 1 aliphatic rings. The quantitative estimate of drug-likeness (QED) is 0.585. The first kappa shape index (κ1) is 29.6. The Morgan fingerprint density at radius 3 is 2.58 bits per heavy atom. The summed E-state index contributed by atoms with van der Waals surface area (Å²) in [4.78, 5) is 30.6. The van der Waals surface area contributed by atoms with E-state index in [0.717, 1.165) is 25.8 Å². The fourth-order valence-electron chi connectivity index (χ4n) is 4.62. The van der Waals surface area contributed by atoms with Crippen molar-refractivity contribution in [2.75, 3.05) is 45.7 Å². The van der Waals surface area contributed by atoms with E-state index in [1.807, 2.05) is 34.0 Å². The zero-order chi connectivity index (χ0) is 27.7. The molecule has 0 spiro atoms. The van der Waals surface area contributed by atoms with Crippen molar-refractivity contribution in [1.82, 2.24) is 9.80 Å². The number of hydrogen-bond acceptors (Lipinski definition) is 6. The average molecular weight is 526 g/mol. The van der Waals surface area contributed by atoms with Gasteiger partial charge in [-0.2, -0.15) is 0 Å². The van der Waals surface area contributed by atoms with E-state index in [-0.39, 0.29) is 36.5 Å². The van der Waals surface area contributed by atoms with E-state index in [4.69, 9.17) is 9.47 Å². The largest absolute Gasteiger partial charge is 0.490 e. The first-order valence-corrected chi connectivity index (χ1v) is 13.5. The van der Waals surface area contributed by atoms with Crippen LogP contribution in [0.3, 0.4) is 0 Å². The number of benzene rings is 2. The number of fused-ring (bicyclic) bond motifs is 1. The Hall–Kier alpha value is -2.94. The van der Waals surface area contributed by atoms with Crippen molar-refractivity contribution in [3.8, 4) is 5.75 Å². The Labute approximate surface area is 226 Å². The van der Waals surface area contributed by atoms with Crippen molar-refractivity contribution >= 4 is 17.5 Å². The summed E-state index contributed by atoms with van der Waals surface area (Å²) in [5, 5.41) is 12.9. The normalized spacial score (nSPS) is 22.2. The SMILES string of the molecule is C[C@H](CO)N1C[C@H](C)[C@H](CN(C)C)OCCCC[C@H](C)Oc2ccc(NC(=O)c3ccccc3)cc2C1=O. The summed E-state index contributed by atoms with van der Waals surface area (Å²) in [6, 6.07) is 13.7. The molecule has 4 atom stereocenters. The Kier molecular flexibility index (Phi) is 11.1. The number of nitrogens with one attached hydrogen (secondary N) is 1. The highest BCUT2D eigenvalue weighted by molar-refractivity contribution is 6.05. The highest BCUT2D eigenvalue weighted by Crippen LogP contribution is 2.28. The van der Waals surface area contributed by atoms with E-state index in [1.165, 1.54) is 0 Å². The topological polar surface area (TPSA) is 91.3 Å². The van der Waals surface area contributed by atoms with E-state index < -0.39 is 6.04 Å². The molecule has 1 heterocycles. The molecule has 0 saturated carbocycles. The second-order valence-corrected chi connectivity index (χ2v) is 10.6. The molecule has 8 heteroatoms. The van der Waals surface area contributed by atoms with Crippen LogP contribution in [-0.2, 0) is 4.74 Å². The molecule has 0 unspecified atom stereocenters. The predicted octanol–water partition coefficient (Wildman–Crippen LogP) is 4.30. The molecule has 0 fully saturated rings. The number of carbonyl (C=O) groups excluding carboxylic acids is 2. The number of hydrogen-bond donors (Lipinski definition) is 2. The Balaban J connectivity index is 1.98. The number of anilines is 1. The number of ether oxygens (including phenoxy) is 2. The van der Waals surface area contributed by atoms with Gasteiger partial charge in [0, 0.05) is 36.9 Å². The van der Waals surface area contributed by atoms with Gasteiger partial charge in [0.2, 0.25) is 0 Å². The molecular formula is C30H43N3O5. The Morgan fingerprint density at radius 2 is 1.89 bits per heavy atom. The highest BCUT2D eigenvalue weighted by atomic mass is 16.5. The highest BCUT2D eigenvalue weighted by Gasteiger charge is 2.30. The minimum Gasteiger partial charge on any atom is -0.490 e. The van der Waals surface area contributed by atoms with Crippen molar-refractivity contribution in [2.45, 2.75) is 58.3 Å². The van der Waals surface area contributed by atoms with Gasteiger partial charge < -0.3 is 29.7 Å². The molecule has 0 radical (unpaired) electrons. The molecule has 1 aliphatic heterocycles. The molecule has 0 aromatic heterocycles. The Morgan fingerprint density at radius 1 is 1.16 bits per heavy atom. The van der Waals surface area contributed by atoms with Gasteiger partial charge in [-0.05, 0) is 77.5 Å². The Bertz CT molecular complexity index is 1050. The summed E-state index contributed by atoms with van der Waals surface area (Å²) < 4.78 is 12.5.